The van der Waals surface area contributed by atoms with Gasteiger partial charge in [-0.1, -0.05) is 11.2 Å². The maximum Gasteiger partial charge on any atom is 0.322 e. The normalized spacial score (nSPS) is 10.5. The van der Waals surface area contributed by atoms with E-state index in [0.29, 0.717) is 5.56 Å². The maximum absolute atomic E-state index is 12.1. The molecule has 8 nitrogen and oxygen atoms in total. The Morgan fingerprint density at radius 1 is 1.35 bits per heavy atom. The van der Waals surface area contributed by atoms with Crippen molar-refractivity contribution in [2.24, 2.45) is 0 Å². The summed E-state index contributed by atoms with van der Waals surface area (Å²) < 4.78 is 5.34. The average molecular weight is 330 g/mol. The Labute approximate surface area is 133 Å². The van der Waals surface area contributed by atoms with Crippen molar-refractivity contribution in [2.75, 3.05) is 5.32 Å². The van der Waals surface area contributed by atoms with E-state index >= 15 is 0 Å². The number of aromatic nitrogens is 2. The smallest absolute Gasteiger partial charge is 0.322 e. The Morgan fingerprint density at radius 2 is 2.17 bits per heavy atom. The summed E-state index contributed by atoms with van der Waals surface area (Å²) >= 11 is 1.48. The zero-order valence-corrected chi connectivity index (χ0v) is 12.7. The Hall–Kier alpha value is -3.07. The van der Waals surface area contributed by atoms with Crippen LogP contribution in [0.2, 0.25) is 0 Å². The summed E-state index contributed by atoms with van der Waals surface area (Å²) in [7, 11) is 0. The molecule has 23 heavy (non-hydrogen) atoms. The second-order valence-electron chi connectivity index (χ2n) is 4.64. The molecule has 1 aromatic carbocycles. The minimum Gasteiger partial charge on any atom is -0.403 e. The van der Waals surface area contributed by atoms with Gasteiger partial charge >= 0.3 is 6.01 Å². The molecule has 0 saturated carbocycles. The zero-order chi connectivity index (χ0) is 16.4. The number of hydrogen-bond donors (Lipinski definition) is 1. The molecule has 2 aromatic heterocycles. The van der Waals surface area contributed by atoms with Crippen LogP contribution in [0.25, 0.3) is 11.5 Å². The van der Waals surface area contributed by atoms with Gasteiger partial charge in [0.25, 0.3) is 17.5 Å². The maximum atomic E-state index is 12.1. The topological polar surface area (TPSA) is 111 Å². The summed E-state index contributed by atoms with van der Waals surface area (Å²) in [5, 5.41) is 24.6. The number of amides is 1. The van der Waals surface area contributed by atoms with Crippen molar-refractivity contribution in [3.8, 4) is 11.5 Å². The number of hydrogen-bond acceptors (Lipinski definition) is 7. The molecule has 2 heterocycles. The van der Waals surface area contributed by atoms with E-state index in [1.54, 1.807) is 6.92 Å². The molecule has 116 valence electrons. The molecule has 0 unspecified atom stereocenters. The second kappa shape index (κ2) is 5.97. The highest BCUT2D eigenvalue weighted by molar-refractivity contribution is 7.08. The highest BCUT2D eigenvalue weighted by Crippen LogP contribution is 2.23. The monoisotopic (exact) mass is 330 g/mol. The molecule has 0 aliphatic rings. The number of aryl methyl sites for hydroxylation is 1. The van der Waals surface area contributed by atoms with Crippen LogP contribution in [-0.4, -0.2) is 21.0 Å². The molecule has 0 aliphatic heterocycles. The van der Waals surface area contributed by atoms with E-state index < -0.39 is 10.8 Å². The van der Waals surface area contributed by atoms with Gasteiger partial charge in [-0.3, -0.25) is 20.2 Å². The largest absolute Gasteiger partial charge is 0.403 e. The van der Waals surface area contributed by atoms with Crippen molar-refractivity contribution in [1.29, 1.82) is 0 Å². The number of nitro groups is 1. The number of rotatable bonds is 4. The molecule has 0 bridgehead atoms. The highest BCUT2D eigenvalue weighted by Gasteiger charge is 2.17. The van der Waals surface area contributed by atoms with Gasteiger partial charge in [-0.2, -0.15) is 11.3 Å². The van der Waals surface area contributed by atoms with Gasteiger partial charge in [-0.25, -0.2) is 0 Å². The third-order valence-electron chi connectivity index (χ3n) is 3.08. The van der Waals surface area contributed by atoms with Crippen molar-refractivity contribution in [1.82, 2.24) is 10.2 Å². The van der Waals surface area contributed by atoms with Crippen molar-refractivity contribution in [3.05, 3.63) is 56.3 Å². The van der Waals surface area contributed by atoms with Crippen LogP contribution in [0.1, 0.15) is 15.9 Å². The molecule has 0 saturated heterocycles. The first kappa shape index (κ1) is 14.9. The minimum absolute atomic E-state index is 0.0700. The molecule has 0 atom stereocenters. The molecular formula is C14H10N4O4S. The molecule has 1 amide bonds. The number of nitrogens with one attached hydrogen (secondary N) is 1. The number of anilines is 1. The predicted octanol–water partition coefficient (Wildman–Crippen LogP) is 3.27. The molecule has 3 aromatic rings. The molecule has 0 fully saturated rings. The van der Waals surface area contributed by atoms with Crippen molar-refractivity contribution in [3.63, 3.8) is 0 Å². The molecule has 0 radical (unpaired) electrons. The Morgan fingerprint density at radius 3 is 2.87 bits per heavy atom. The van der Waals surface area contributed by atoms with E-state index in [2.05, 4.69) is 15.5 Å². The average Bonchev–Trinajstić information content (AvgIpc) is 3.18. The lowest BCUT2D eigenvalue weighted by Gasteiger charge is -2.02. The standard InChI is InChI=1S/C14H10N4O4S/c1-8-2-3-9(6-11(8)18(20)21)12(19)15-14-17-16-13(22-14)10-4-5-23-7-10/h2-7H,1H3,(H,15,17,19). The first-order chi connectivity index (χ1) is 11.0. The molecule has 9 heteroatoms. The van der Waals surface area contributed by atoms with Crippen LogP contribution in [0.3, 0.4) is 0 Å². The number of benzene rings is 1. The summed E-state index contributed by atoms with van der Waals surface area (Å²) in [6, 6.07) is 5.96. The van der Waals surface area contributed by atoms with Crippen LogP contribution >= 0.6 is 11.3 Å². The van der Waals surface area contributed by atoms with Crippen LogP contribution in [0.15, 0.2) is 39.4 Å². The first-order valence-electron chi connectivity index (χ1n) is 6.47. The van der Waals surface area contributed by atoms with E-state index in [4.69, 9.17) is 4.42 Å². The van der Waals surface area contributed by atoms with Crippen LogP contribution in [0, 0.1) is 17.0 Å². The molecular weight excluding hydrogens is 320 g/mol. The van der Waals surface area contributed by atoms with Crippen molar-refractivity contribution in [2.45, 2.75) is 6.92 Å². The fourth-order valence-electron chi connectivity index (χ4n) is 1.89. The number of carbonyl (C=O) groups excluding carboxylic acids is 1. The molecule has 0 spiro atoms. The fourth-order valence-corrected chi connectivity index (χ4v) is 2.52. The van der Waals surface area contributed by atoms with E-state index in [9.17, 15) is 14.9 Å². The van der Waals surface area contributed by atoms with E-state index in [1.165, 1.54) is 29.5 Å². The molecule has 1 N–H and O–H groups in total. The summed E-state index contributed by atoms with van der Waals surface area (Å²) in [6.45, 7) is 1.60. The Balaban J connectivity index is 1.80. The van der Waals surface area contributed by atoms with Gasteiger partial charge in [0.15, 0.2) is 0 Å². The van der Waals surface area contributed by atoms with Crippen LogP contribution in [0.5, 0.6) is 0 Å². The third-order valence-corrected chi connectivity index (χ3v) is 3.76. The Bertz CT molecular complexity index is 873. The van der Waals surface area contributed by atoms with Crippen LogP contribution < -0.4 is 5.32 Å². The number of thiophene rings is 1. The lowest BCUT2D eigenvalue weighted by atomic mass is 10.1. The SMILES string of the molecule is Cc1ccc(C(=O)Nc2nnc(-c3ccsc3)o2)cc1[N+](=O)[O-]. The lowest BCUT2D eigenvalue weighted by molar-refractivity contribution is -0.385. The predicted molar refractivity (Wildman–Crippen MR) is 83.4 cm³/mol. The summed E-state index contributed by atoms with van der Waals surface area (Å²) in [4.78, 5) is 22.5. The van der Waals surface area contributed by atoms with Gasteiger partial charge in [0, 0.05) is 28.1 Å². The molecule has 0 aliphatic carbocycles. The first-order valence-corrected chi connectivity index (χ1v) is 7.41. The third kappa shape index (κ3) is 3.09. The summed E-state index contributed by atoms with van der Waals surface area (Å²) in [5.74, 6) is -0.273. The van der Waals surface area contributed by atoms with Gasteiger partial charge in [0.05, 0.1) is 4.92 Å². The lowest BCUT2D eigenvalue weighted by Crippen LogP contribution is -2.12. The van der Waals surface area contributed by atoms with E-state index in [0.717, 1.165) is 5.56 Å². The summed E-state index contributed by atoms with van der Waals surface area (Å²) in [5.41, 5.74) is 1.25. The number of nitro benzene ring substituents is 1. The van der Waals surface area contributed by atoms with Crippen molar-refractivity contribution < 1.29 is 14.1 Å². The minimum atomic E-state index is -0.561. The number of carbonyl (C=O) groups is 1. The highest BCUT2D eigenvalue weighted by atomic mass is 32.1. The van der Waals surface area contributed by atoms with Gasteiger partial charge in [-0.05, 0) is 24.4 Å². The number of nitrogens with zero attached hydrogens (tertiary/aromatic N) is 3. The van der Waals surface area contributed by atoms with E-state index in [1.807, 2.05) is 16.8 Å². The fraction of sp³-hybridized carbons (Fsp3) is 0.0714. The van der Waals surface area contributed by atoms with Crippen LogP contribution in [0.4, 0.5) is 11.7 Å². The summed E-state index contributed by atoms with van der Waals surface area (Å²) in [6.07, 6.45) is 0. The van der Waals surface area contributed by atoms with Gasteiger partial charge in [0.1, 0.15) is 0 Å². The Kier molecular flexibility index (Phi) is 3.85. The van der Waals surface area contributed by atoms with E-state index in [-0.39, 0.29) is 23.2 Å². The van der Waals surface area contributed by atoms with Crippen molar-refractivity contribution >= 4 is 28.9 Å². The zero-order valence-electron chi connectivity index (χ0n) is 11.8. The van der Waals surface area contributed by atoms with Gasteiger partial charge in [0.2, 0.25) is 0 Å². The van der Waals surface area contributed by atoms with Gasteiger partial charge < -0.3 is 4.42 Å². The quantitative estimate of drug-likeness (QED) is 0.580. The van der Waals surface area contributed by atoms with Crippen LogP contribution in [-0.2, 0) is 0 Å². The second-order valence-corrected chi connectivity index (χ2v) is 5.42. The van der Waals surface area contributed by atoms with Gasteiger partial charge in [-0.15, -0.1) is 5.10 Å². The molecule has 3 rings (SSSR count).